The summed E-state index contributed by atoms with van der Waals surface area (Å²) in [5.74, 6) is 0.459. The maximum Gasteiger partial charge on any atom is 0.258 e. The minimum atomic E-state index is -3.79. The first-order chi connectivity index (χ1) is 18.6. The molecule has 2 saturated heterocycles. The quantitative estimate of drug-likeness (QED) is 0.448. The molecule has 1 saturated carbocycles. The topological polar surface area (TPSA) is 128 Å². The molecule has 3 fully saturated rings. The Kier molecular flexibility index (Phi) is 7.69. The number of benzene rings is 1. The molecule has 1 aromatic carbocycles. The second-order valence-corrected chi connectivity index (χ2v) is 13.3. The second-order valence-electron chi connectivity index (χ2n) is 11.2. The molecule has 3 N–H and O–H groups in total. The standard InChI is InChI=1S/C27H37FN6O4S/c1-18-15-24(31-26(29-18)34-11-5-20(28)6-12-34)30-25(36)22-4-3-21(32-39(37,38)19(2)17-35)16-23(22)33-13-9-27(7-8-27)10-14-33/h3-4,15-16,19-20,32,35H,5-14,17H2,1-2H3,(H,29,30,31,36). The molecule has 0 bridgehead atoms. The highest BCUT2D eigenvalue weighted by molar-refractivity contribution is 7.93. The SMILES string of the molecule is Cc1cc(NC(=O)c2ccc(NS(=O)(=O)C(C)CO)cc2N2CCC3(CC2)CC3)nc(N2CCC(F)CC2)n1. The smallest absolute Gasteiger partial charge is 0.258 e. The maximum absolute atomic E-state index is 13.6. The summed E-state index contributed by atoms with van der Waals surface area (Å²) in [4.78, 5) is 26.7. The van der Waals surface area contributed by atoms with Crippen molar-refractivity contribution in [2.24, 2.45) is 5.41 Å². The van der Waals surface area contributed by atoms with E-state index >= 15 is 0 Å². The number of anilines is 4. The molecule has 12 heteroatoms. The lowest BCUT2D eigenvalue weighted by Crippen LogP contribution is -2.36. The van der Waals surface area contributed by atoms with Gasteiger partial charge in [-0.15, -0.1) is 0 Å². The average molecular weight is 561 g/mol. The highest BCUT2D eigenvalue weighted by Crippen LogP contribution is 2.54. The molecule has 1 aromatic heterocycles. The molecule has 5 rings (SSSR count). The van der Waals surface area contributed by atoms with Crippen LogP contribution in [0.5, 0.6) is 0 Å². The predicted octanol–water partition coefficient (Wildman–Crippen LogP) is 3.48. The van der Waals surface area contributed by atoms with Crippen molar-refractivity contribution < 1.29 is 22.7 Å². The van der Waals surface area contributed by atoms with Crippen LogP contribution in [0.15, 0.2) is 24.3 Å². The molecule has 1 spiro atoms. The lowest BCUT2D eigenvalue weighted by molar-refractivity contribution is 0.102. The number of sulfonamides is 1. The Hall–Kier alpha value is -2.99. The van der Waals surface area contributed by atoms with Crippen LogP contribution in [0.4, 0.5) is 27.5 Å². The van der Waals surface area contributed by atoms with E-state index in [2.05, 4.69) is 24.9 Å². The number of halogens is 1. The molecule has 1 amide bonds. The number of hydrogen-bond acceptors (Lipinski definition) is 8. The summed E-state index contributed by atoms with van der Waals surface area (Å²) in [6.07, 6.45) is 4.59. The number of carbonyl (C=O) groups is 1. The Balaban J connectivity index is 1.40. The maximum atomic E-state index is 13.6. The number of hydrogen-bond donors (Lipinski definition) is 3. The van der Waals surface area contributed by atoms with Crippen LogP contribution >= 0.6 is 0 Å². The number of nitrogens with zero attached hydrogens (tertiary/aromatic N) is 4. The van der Waals surface area contributed by atoms with Crippen molar-refractivity contribution in [3.05, 3.63) is 35.5 Å². The first-order valence-corrected chi connectivity index (χ1v) is 15.2. The van der Waals surface area contributed by atoms with E-state index in [4.69, 9.17) is 0 Å². The van der Waals surface area contributed by atoms with Crippen LogP contribution in [-0.4, -0.2) is 73.6 Å². The molecule has 212 valence electrons. The summed E-state index contributed by atoms with van der Waals surface area (Å²) in [6, 6.07) is 6.57. The third-order valence-corrected chi connectivity index (χ3v) is 9.93. The molecule has 3 heterocycles. The Bertz CT molecular complexity index is 1320. The molecule has 1 aliphatic carbocycles. The van der Waals surface area contributed by atoms with E-state index in [1.54, 1.807) is 24.3 Å². The van der Waals surface area contributed by atoms with E-state index in [1.807, 2.05) is 11.8 Å². The van der Waals surface area contributed by atoms with Gasteiger partial charge in [0, 0.05) is 37.9 Å². The van der Waals surface area contributed by atoms with Gasteiger partial charge in [0.15, 0.2) is 0 Å². The molecular weight excluding hydrogens is 523 g/mol. The van der Waals surface area contributed by atoms with Crippen LogP contribution in [0.2, 0.25) is 0 Å². The second kappa shape index (κ2) is 10.9. The van der Waals surface area contributed by atoms with E-state index in [1.165, 1.54) is 19.8 Å². The van der Waals surface area contributed by atoms with Gasteiger partial charge in [0.1, 0.15) is 17.2 Å². The third-order valence-electron chi connectivity index (χ3n) is 8.20. The lowest BCUT2D eigenvalue weighted by Gasteiger charge is -2.35. The summed E-state index contributed by atoms with van der Waals surface area (Å²) >= 11 is 0. The highest BCUT2D eigenvalue weighted by atomic mass is 32.2. The number of nitrogens with one attached hydrogen (secondary N) is 2. The number of aromatic nitrogens is 2. The summed E-state index contributed by atoms with van der Waals surface area (Å²) in [5.41, 5.74) is 2.52. The number of rotatable bonds is 8. The zero-order chi connectivity index (χ0) is 27.8. The molecule has 10 nitrogen and oxygen atoms in total. The lowest BCUT2D eigenvalue weighted by atomic mass is 9.93. The summed E-state index contributed by atoms with van der Waals surface area (Å²) in [7, 11) is -3.79. The number of aliphatic hydroxyl groups excluding tert-OH is 1. The van der Waals surface area contributed by atoms with Gasteiger partial charge in [-0.2, -0.15) is 4.98 Å². The molecule has 3 aliphatic rings. The molecule has 1 unspecified atom stereocenters. The van der Waals surface area contributed by atoms with Crippen LogP contribution in [-0.2, 0) is 10.0 Å². The van der Waals surface area contributed by atoms with Gasteiger partial charge in [0.05, 0.1) is 23.5 Å². The van der Waals surface area contributed by atoms with Crippen LogP contribution in [0.3, 0.4) is 0 Å². The van der Waals surface area contributed by atoms with Gasteiger partial charge in [-0.25, -0.2) is 17.8 Å². The summed E-state index contributed by atoms with van der Waals surface area (Å²) in [5, 5.41) is 11.3. The van der Waals surface area contributed by atoms with E-state index in [0.29, 0.717) is 65.7 Å². The number of alkyl halides is 1. The largest absolute Gasteiger partial charge is 0.395 e. The number of aryl methyl sites for hydroxylation is 1. The fourth-order valence-corrected chi connectivity index (χ4v) is 6.15. The van der Waals surface area contributed by atoms with Gasteiger partial charge in [0.2, 0.25) is 16.0 Å². The highest BCUT2D eigenvalue weighted by Gasteiger charge is 2.44. The average Bonchev–Trinajstić information content (AvgIpc) is 3.66. The van der Waals surface area contributed by atoms with Gasteiger partial charge in [-0.3, -0.25) is 9.52 Å². The first-order valence-electron chi connectivity index (χ1n) is 13.6. The monoisotopic (exact) mass is 560 g/mol. The molecule has 2 aliphatic heterocycles. The Morgan fingerprint density at radius 2 is 1.79 bits per heavy atom. The van der Waals surface area contributed by atoms with E-state index < -0.39 is 28.1 Å². The Labute approximate surface area is 229 Å². The summed E-state index contributed by atoms with van der Waals surface area (Å²) < 4.78 is 41.3. The third kappa shape index (κ3) is 6.27. The van der Waals surface area contributed by atoms with Crippen molar-refractivity contribution in [3.8, 4) is 0 Å². The predicted molar refractivity (Wildman–Crippen MR) is 150 cm³/mol. The fourth-order valence-electron chi connectivity index (χ4n) is 5.30. The normalized spacial score (nSPS) is 20.1. The van der Waals surface area contributed by atoms with E-state index in [-0.39, 0.29) is 5.91 Å². The van der Waals surface area contributed by atoms with Crippen molar-refractivity contribution >= 4 is 39.1 Å². The van der Waals surface area contributed by atoms with Crippen LogP contribution < -0.4 is 19.8 Å². The summed E-state index contributed by atoms with van der Waals surface area (Å²) in [6.45, 7) is 5.36. The van der Waals surface area contributed by atoms with Gasteiger partial charge in [-0.05, 0) is 76.0 Å². The zero-order valence-corrected chi connectivity index (χ0v) is 23.3. The first kappa shape index (κ1) is 27.6. The van der Waals surface area contributed by atoms with Gasteiger partial charge < -0.3 is 20.2 Å². The number of amides is 1. The molecule has 2 aromatic rings. The van der Waals surface area contributed by atoms with E-state index in [9.17, 15) is 22.7 Å². The van der Waals surface area contributed by atoms with Crippen molar-refractivity contribution in [2.45, 2.75) is 63.8 Å². The number of piperidine rings is 2. The van der Waals surface area contributed by atoms with Crippen molar-refractivity contribution in [1.82, 2.24) is 9.97 Å². The van der Waals surface area contributed by atoms with Crippen LogP contribution in [0, 0.1) is 12.3 Å². The van der Waals surface area contributed by atoms with E-state index in [0.717, 1.165) is 25.9 Å². The number of carbonyl (C=O) groups excluding carboxylic acids is 1. The molecular formula is C27H37FN6O4S. The van der Waals surface area contributed by atoms with Crippen molar-refractivity contribution in [3.63, 3.8) is 0 Å². The van der Waals surface area contributed by atoms with Crippen molar-refractivity contribution in [1.29, 1.82) is 0 Å². The molecule has 1 atom stereocenters. The Morgan fingerprint density at radius 3 is 2.44 bits per heavy atom. The van der Waals surface area contributed by atoms with Gasteiger partial charge in [0.25, 0.3) is 5.91 Å². The zero-order valence-electron chi connectivity index (χ0n) is 22.5. The number of aliphatic hydroxyl groups is 1. The molecule has 39 heavy (non-hydrogen) atoms. The Morgan fingerprint density at radius 1 is 1.10 bits per heavy atom. The van der Waals surface area contributed by atoms with Crippen molar-refractivity contribution in [2.75, 3.05) is 52.6 Å². The minimum absolute atomic E-state index is 0.338. The van der Waals surface area contributed by atoms with Gasteiger partial charge in [-0.1, -0.05) is 0 Å². The fraction of sp³-hybridized carbons (Fsp3) is 0.593. The van der Waals surface area contributed by atoms with Crippen LogP contribution in [0.25, 0.3) is 0 Å². The van der Waals surface area contributed by atoms with Gasteiger partial charge >= 0.3 is 0 Å². The minimum Gasteiger partial charge on any atom is -0.395 e. The van der Waals surface area contributed by atoms with Crippen LogP contribution in [0.1, 0.15) is 61.5 Å². The molecule has 0 radical (unpaired) electrons.